The van der Waals surface area contributed by atoms with Crippen molar-refractivity contribution in [2.24, 2.45) is 5.92 Å². The highest BCUT2D eigenvalue weighted by Gasteiger charge is 2.33. The van der Waals surface area contributed by atoms with Crippen LogP contribution in [0.3, 0.4) is 0 Å². The first-order chi connectivity index (χ1) is 11.5. The van der Waals surface area contributed by atoms with Crippen molar-refractivity contribution in [3.63, 3.8) is 0 Å². The van der Waals surface area contributed by atoms with Crippen LogP contribution in [0, 0.1) is 5.92 Å². The minimum absolute atomic E-state index is 0.0126. The molecule has 0 aromatic heterocycles. The Bertz CT molecular complexity index is 782. The quantitative estimate of drug-likeness (QED) is 0.902. The Morgan fingerprint density at radius 3 is 2.50 bits per heavy atom. The first-order valence-corrected chi connectivity index (χ1v) is 7.90. The van der Waals surface area contributed by atoms with Crippen molar-refractivity contribution < 1.29 is 14.3 Å². The molecular formula is C19H20N2O3. The van der Waals surface area contributed by atoms with Gasteiger partial charge in [-0.25, -0.2) is 0 Å². The molecule has 1 atom stereocenters. The molecule has 0 spiro atoms. The maximum Gasteiger partial charge on any atom is 0.255 e. The number of fused-ring (bicyclic) bond motifs is 1. The van der Waals surface area contributed by atoms with Gasteiger partial charge in [0.15, 0.2) is 0 Å². The van der Waals surface area contributed by atoms with Gasteiger partial charge in [0.1, 0.15) is 5.75 Å². The Balaban J connectivity index is 1.81. The summed E-state index contributed by atoms with van der Waals surface area (Å²) in [5.41, 5.74) is 2.98. The Morgan fingerprint density at radius 1 is 1.17 bits per heavy atom. The van der Waals surface area contributed by atoms with Gasteiger partial charge in [0.2, 0.25) is 5.91 Å². The zero-order valence-corrected chi connectivity index (χ0v) is 13.9. The largest absolute Gasteiger partial charge is 0.497 e. The van der Waals surface area contributed by atoms with Gasteiger partial charge in [-0.05, 0) is 53.9 Å². The zero-order chi connectivity index (χ0) is 17.3. The van der Waals surface area contributed by atoms with Gasteiger partial charge >= 0.3 is 0 Å². The van der Waals surface area contributed by atoms with Crippen molar-refractivity contribution in [2.75, 3.05) is 17.7 Å². The van der Waals surface area contributed by atoms with E-state index in [2.05, 4.69) is 10.6 Å². The molecule has 24 heavy (non-hydrogen) atoms. The molecule has 1 unspecified atom stereocenters. The van der Waals surface area contributed by atoms with Crippen molar-refractivity contribution in [3.8, 4) is 5.75 Å². The molecule has 1 heterocycles. The lowest BCUT2D eigenvalue weighted by atomic mass is 9.89. The highest BCUT2D eigenvalue weighted by Crippen LogP contribution is 2.38. The van der Waals surface area contributed by atoms with Crippen LogP contribution >= 0.6 is 0 Å². The van der Waals surface area contributed by atoms with Crippen LogP contribution in [0.5, 0.6) is 5.75 Å². The molecule has 1 aliphatic heterocycles. The molecule has 3 rings (SSSR count). The summed E-state index contributed by atoms with van der Waals surface area (Å²) >= 11 is 0. The molecule has 2 amide bonds. The summed E-state index contributed by atoms with van der Waals surface area (Å²) in [6.45, 7) is 4.03. The van der Waals surface area contributed by atoms with E-state index in [-0.39, 0.29) is 23.7 Å². The van der Waals surface area contributed by atoms with Crippen molar-refractivity contribution in [2.45, 2.75) is 19.8 Å². The summed E-state index contributed by atoms with van der Waals surface area (Å²) in [4.78, 5) is 24.4. The van der Waals surface area contributed by atoms with E-state index in [0.717, 1.165) is 11.3 Å². The van der Waals surface area contributed by atoms with E-state index in [4.69, 9.17) is 4.74 Å². The second-order valence-corrected chi connectivity index (χ2v) is 6.20. The number of anilines is 2. The topological polar surface area (TPSA) is 67.4 Å². The highest BCUT2D eigenvalue weighted by molar-refractivity contribution is 6.06. The van der Waals surface area contributed by atoms with Gasteiger partial charge in [-0.2, -0.15) is 0 Å². The van der Waals surface area contributed by atoms with Gasteiger partial charge in [0.25, 0.3) is 5.91 Å². The van der Waals surface area contributed by atoms with Crippen LogP contribution in [-0.2, 0) is 4.79 Å². The molecular weight excluding hydrogens is 304 g/mol. The van der Waals surface area contributed by atoms with Crippen LogP contribution in [0.2, 0.25) is 0 Å². The highest BCUT2D eigenvalue weighted by atomic mass is 16.5. The standard InChI is InChI=1S/C19H20N2O3/c1-11(2)17-15-10-13(6-9-16(15)21-19(17)23)20-18(22)12-4-7-14(24-3)8-5-12/h4-11,17H,1-3H3,(H,20,22)(H,21,23). The van der Waals surface area contributed by atoms with Crippen molar-refractivity contribution in [1.29, 1.82) is 0 Å². The summed E-state index contributed by atoms with van der Waals surface area (Å²) in [6.07, 6.45) is 0. The third-order valence-corrected chi connectivity index (χ3v) is 4.20. The summed E-state index contributed by atoms with van der Waals surface area (Å²) in [5.74, 6) is 0.527. The summed E-state index contributed by atoms with van der Waals surface area (Å²) in [6, 6.07) is 12.4. The van der Waals surface area contributed by atoms with Crippen LogP contribution in [0.4, 0.5) is 11.4 Å². The second-order valence-electron chi connectivity index (χ2n) is 6.20. The van der Waals surface area contributed by atoms with E-state index in [1.54, 1.807) is 37.4 Å². The summed E-state index contributed by atoms with van der Waals surface area (Å²) < 4.78 is 5.09. The Labute approximate surface area is 141 Å². The van der Waals surface area contributed by atoms with Crippen molar-refractivity contribution in [3.05, 3.63) is 53.6 Å². The van der Waals surface area contributed by atoms with Gasteiger partial charge in [-0.15, -0.1) is 0 Å². The van der Waals surface area contributed by atoms with E-state index >= 15 is 0 Å². The van der Waals surface area contributed by atoms with Crippen LogP contribution in [0.25, 0.3) is 0 Å². The minimum Gasteiger partial charge on any atom is -0.497 e. The Kier molecular flexibility index (Phi) is 4.25. The van der Waals surface area contributed by atoms with Gasteiger partial charge < -0.3 is 15.4 Å². The third kappa shape index (κ3) is 2.97. The molecule has 0 saturated carbocycles. The lowest BCUT2D eigenvalue weighted by Crippen LogP contribution is -2.17. The summed E-state index contributed by atoms with van der Waals surface area (Å²) in [5, 5.41) is 5.77. The monoisotopic (exact) mass is 324 g/mol. The maximum atomic E-state index is 12.4. The van der Waals surface area contributed by atoms with Gasteiger partial charge in [-0.3, -0.25) is 9.59 Å². The fourth-order valence-corrected chi connectivity index (χ4v) is 2.97. The molecule has 5 heteroatoms. The second kappa shape index (κ2) is 6.35. The van der Waals surface area contributed by atoms with E-state index in [1.807, 2.05) is 26.0 Å². The molecule has 0 aliphatic carbocycles. The molecule has 0 fully saturated rings. The molecule has 2 N–H and O–H groups in total. The smallest absolute Gasteiger partial charge is 0.255 e. The average molecular weight is 324 g/mol. The third-order valence-electron chi connectivity index (χ3n) is 4.20. The first-order valence-electron chi connectivity index (χ1n) is 7.90. The predicted molar refractivity (Wildman–Crippen MR) is 93.6 cm³/mol. The van der Waals surface area contributed by atoms with E-state index in [9.17, 15) is 9.59 Å². The zero-order valence-electron chi connectivity index (χ0n) is 13.9. The fourth-order valence-electron chi connectivity index (χ4n) is 2.97. The number of amides is 2. The lowest BCUT2D eigenvalue weighted by Gasteiger charge is -2.14. The number of carbonyl (C=O) groups excluding carboxylic acids is 2. The number of hydrogen-bond donors (Lipinski definition) is 2. The Hall–Kier alpha value is -2.82. The average Bonchev–Trinajstić information content (AvgIpc) is 2.90. The Morgan fingerprint density at radius 2 is 1.88 bits per heavy atom. The molecule has 0 saturated heterocycles. The fraction of sp³-hybridized carbons (Fsp3) is 0.263. The summed E-state index contributed by atoms with van der Waals surface area (Å²) in [7, 11) is 1.58. The SMILES string of the molecule is COc1ccc(C(=O)Nc2ccc3c(c2)C(C(C)C)C(=O)N3)cc1. The molecule has 5 nitrogen and oxygen atoms in total. The van der Waals surface area contributed by atoms with Gasteiger partial charge in [0, 0.05) is 16.9 Å². The minimum atomic E-state index is -0.198. The number of nitrogens with one attached hydrogen (secondary N) is 2. The number of ether oxygens (including phenoxy) is 1. The maximum absolute atomic E-state index is 12.4. The van der Waals surface area contributed by atoms with Crippen LogP contribution in [-0.4, -0.2) is 18.9 Å². The molecule has 0 radical (unpaired) electrons. The van der Waals surface area contributed by atoms with Gasteiger partial charge in [-0.1, -0.05) is 13.8 Å². The van der Waals surface area contributed by atoms with E-state index in [1.165, 1.54) is 0 Å². The predicted octanol–water partition coefficient (Wildman–Crippen LogP) is 3.64. The molecule has 124 valence electrons. The first kappa shape index (κ1) is 16.1. The normalized spacial score (nSPS) is 15.8. The van der Waals surface area contributed by atoms with E-state index < -0.39 is 0 Å². The van der Waals surface area contributed by atoms with Gasteiger partial charge in [0.05, 0.1) is 13.0 Å². The van der Waals surface area contributed by atoms with E-state index in [0.29, 0.717) is 17.0 Å². The van der Waals surface area contributed by atoms with Crippen LogP contribution in [0.1, 0.15) is 35.7 Å². The number of carbonyl (C=O) groups is 2. The molecule has 2 aromatic carbocycles. The lowest BCUT2D eigenvalue weighted by molar-refractivity contribution is -0.117. The number of methoxy groups -OCH3 is 1. The number of hydrogen-bond acceptors (Lipinski definition) is 3. The number of rotatable bonds is 4. The molecule has 2 aromatic rings. The van der Waals surface area contributed by atoms with Crippen LogP contribution < -0.4 is 15.4 Å². The van der Waals surface area contributed by atoms with Crippen molar-refractivity contribution in [1.82, 2.24) is 0 Å². The molecule has 0 bridgehead atoms. The molecule has 1 aliphatic rings. The number of benzene rings is 2. The van der Waals surface area contributed by atoms with Crippen molar-refractivity contribution >= 4 is 23.2 Å². The van der Waals surface area contributed by atoms with Crippen LogP contribution in [0.15, 0.2) is 42.5 Å².